The van der Waals surface area contributed by atoms with Gasteiger partial charge in [-0.1, -0.05) is 0 Å². The predicted octanol–water partition coefficient (Wildman–Crippen LogP) is 9.06. The lowest BCUT2D eigenvalue weighted by Gasteiger charge is -2.17. The zero-order chi connectivity index (χ0) is 20.7. The maximum absolute atomic E-state index is 2.41. The van der Waals surface area contributed by atoms with Crippen molar-refractivity contribution in [3.8, 4) is 0 Å². The average molecular weight is 473 g/mol. The first kappa shape index (κ1) is 21.6. The molecule has 4 rings (SSSR count). The summed E-state index contributed by atoms with van der Waals surface area (Å²) in [5, 5.41) is 8.22. The smallest absolute Gasteiger partial charge is 0.0212 e. The molecular formula is C24H24S5. The molecule has 0 heterocycles. The van der Waals surface area contributed by atoms with Crippen LogP contribution in [0.3, 0.4) is 0 Å². The zero-order valence-corrected chi connectivity index (χ0v) is 21.6. The minimum Gasteiger partial charge on any atom is -0.129 e. The molecule has 4 aromatic carbocycles. The zero-order valence-electron chi connectivity index (χ0n) is 17.5. The van der Waals surface area contributed by atoms with Crippen LogP contribution in [0.25, 0.3) is 32.3 Å². The van der Waals surface area contributed by atoms with Crippen molar-refractivity contribution in [1.82, 2.24) is 0 Å². The highest BCUT2D eigenvalue weighted by atomic mass is 32.2. The fourth-order valence-corrected chi connectivity index (χ4v) is 7.60. The summed E-state index contributed by atoms with van der Waals surface area (Å²) in [6.45, 7) is 2.23. The van der Waals surface area contributed by atoms with Crippen molar-refractivity contribution < 1.29 is 0 Å². The van der Waals surface area contributed by atoms with E-state index in [1.165, 1.54) is 62.4 Å². The van der Waals surface area contributed by atoms with Crippen LogP contribution < -0.4 is 0 Å². The maximum Gasteiger partial charge on any atom is 0.0212 e. The van der Waals surface area contributed by atoms with Crippen molar-refractivity contribution in [2.45, 2.75) is 31.4 Å². The Bertz CT molecular complexity index is 1200. The molecule has 0 bridgehead atoms. The lowest BCUT2D eigenvalue weighted by atomic mass is 9.93. The Kier molecular flexibility index (Phi) is 6.62. The van der Waals surface area contributed by atoms with Gasteiger partial charge >= 0.3 is 0 Å². The van der Waals surface area contributed by atoms with Gasteiger partial charge in [-0.05, 0) is 112 Å². The van der Waals surface area contributed by atoms with Crippen LogP contribution in [0.15, 0.2) is 60.9 Å². The van der Waals surface area contributed by atoms with E-state index in [2.05, 4.69) is 74.6 Å². The topological polar surface area (TPSA) is 0 Å². The second-order valence-electron chi connectivity index (χ2n) is 6.87. The van der Waals surface area contributed by atoms with E-state index in [4.69, 9.17) is 0 Å². The van der Waals surface area contributed by atoms with E-state index >= 15 is 0 Å². The molecule has 5 heteroatoms. The average Bonchev–Trinajstić information content (AvgIpc) is 2.76. The third-order valence-electron chi connectivity index (χ3n) is 5.45. The van der Waals surface area contributed by atoms with Crippen LogP contribution in [0.1, 0.15) is 5.56 Å². The van der Waals surface area contributed by atoms with Crippen LogP contribution >= 0.6 is 58.8 Å². The molecule has 0 saturated carbocycles. The van der Waals surface area contributed by atoms with E-state index in [0.29, 0.717) is 0 Å². The van der Waals surface area contributed by atoms with Gasteiger partial charge in [0.25, 0.3) is 0 Å². The second-order valence-corrected chi connectivity index (χ2v) is 11.1. The monoisotopic (exact) mass is 472 g/mol. The van der Waals surface area contributed by atoms with E-state index < -0.39 is 0 Å². The minimum atomic E-state index is 1.36. The Hall–Kier alpha value is -0.590. The Morgan fingerprint density at radius 2 is 0.621 bits per heavy atom. The van der Waals surface area contributed by atoms with Crippen LogP contribution in [-0.4, -0.2) is 31.3 Å². The minimum absolute atomic E-state index is 1.36. The van der Waals surface area contributed by atoms with Gasteiger partial charge in [0.1, 0.15) is 0 Å². The molecule has 29 heavy (non-hydrogen) atoms. The van der Waals surface area contributed by atoms with E-state index in [0.717, 1.165) is 0 Å². The van der Waals surface area contributed by atoms with E-state index in [1.807, 2.05) is 58.8 Å². The number of hydrogen-bond donors (Lipinski definition) is 0. The van der Waals surface area contributed by atoms with Gasteiger partial charge in [0.2, 0.25) is 0 Å². The van der Waals surface area contributed by atoms with Crippen LogP contribution in [0.4, 0.5) is 0 Å². The molecule has 0 atom stereocenters. The number of aryl methyl sites for hydroxylation is 1. The molecule has 0 N–H and O–H groups in total. The van der Waals surface area contributed by atoms with Crippen LogP contribution in [-0.2, 0) is 0 Å². The first-order valence-electron chi connectivity index (χ1n) is 9.28. The standard InChI is InChI=1S/C24H24S5/c1-13-7-14-15(8-20(13)25-2)17-10-22(27-4)24(29-6)12-19(17)18-11-23(28-5)21(26-3)9-16(14)18/h7-12H,1-6H3. The van der Waals surface area contributed by atoms with Gasteiger partial charge in [0.15, 0.2) is 0 Å². The molecule has 0 aromatic heterocycles. The van der Waals surface area contributed by atoms with Gasteiger partial charge in [0.05, 0.1) is 0 Å². The van der Waals surface area contributed by atoms with Crippen molar-refractivity contribution in [2.24, 2.45) is 0 Å². The summed E-state index contributed by atoms with van der Waals surface area (Å²) in [5.74, 6) is 0. The summed E-state index contributed by atoms with van der Waals surface area (Å²) in [4.78, 5) is 6.82. The van der Waals surface area contributed by atoms with Crippen molar-refractivity contribution in [3.05, 3.63) is 42.0 Å². The van der Waals surface area contributed by atoms with Crippen molar-refractivity contribution in [1.29, 1.82) is 0 Å². The fraction of sp³-hybridized carbons (Fsp3) is 0.250. The number of rotatable bonds is 5. The van der Waals surface area contributed by atoms with Crippen LogP contribution in [0.2, 0.25) is 0 Å². The number of hydrogen-bond acceptors (Lipinski definition) is 5. The molecule has 0 aliphatic carbocycles. The third kappa shape index (κ3) is 3.67. The van der Waals surface area contributed by atoms with Gasteiger partial charge in [0, 0.05) is 24.5 Å². The molecule has 0 amide bonds. The lowest BCUT2D eigenvalue weighted by Crippen LogP contribution is -1.90. The van der Waals surface area contributed by atoms with Crippen LogP contribution in [0.5, 0.6) is 0 Å². The van der Waals surface area contributed by atoms with Gasteiger partial charge in [-0.25, -0.2) is 0 Å². The summed E-state index contributed by atoms with van der Waals surface area (Å²) in [7, 11) is 0. The predicted molar refractivity (Wildman–Crippen MR) is 143 cm³/mol. The quantitative estimate of drug-likeness (QED) is 0.209. The lowest BCUT2D eigenvalue weighted by molar-refractivity contribution is 1.28. The van der Waals surface area contributed by atoms with E-state index in [-0.39, 0.29) is 0 Å². The van der Waals surface area contributed by atoms with Crippen molar-refractivity contribution >= 4 is 91.1 Å². The van der Waals surface area contributed by atoms with Crippen molar-refractivity contribution in [2.75, 3.05) is 31.3 Å². The number of fused-ring (bicyclic) bond motifs is 6. The Morgan fingerprint density at radius 3 is 0.897 bits per heavy atom. The largest absolute Gasteiger partial charge is 0.129 e. The molecule has 0 fully saturated rings. The normalized spacial score (nSPS) is 11.8. The van der Waals surface area contributed by atoms with E-state index in [1.54, 1.807) is 0 Å². The molecule has 0 saturated heterocycles. The Balaban J connectivity index is 2.30. The van der Waals surface area contributed by atoms with Crippen LogP contribution in [0, 0.1) is 6.92 Å². The molecule has 0 spiro atoms. The molecule has 0 radical (unpaired) electrons. The van der Waals surface area contributed by atoms with Gasteiger partial charge in [-0.2, -0.15) is 0 Å². The molecule has 150 valence electrons. The summed E-state index contributed by atoms with van der Waals surface area (Å²) in [6, 6.07) is 14.4. The molecule has 0 unspecified atom stereocenters. The molecule has 0 aliphatic heterocycles. The SMILES string of the molecule is CSc1cc2c(cc1C)c1cc(SC)c(SC)cc1c1cc(SC)c(SC)cc21. The molecule has 4 aromatic rings. The first-order chi connectivity index (χ1) is 14.1. The maximum atomic E-state index is 2.41. The summed E-state index contributed by atoms with van der Waals surface area (Å²) < 4.78 is 0. The Labute approximate surface area is 194 Å². The second kappa shape index (κ2) is 8.88. The first-order valence-corrected chi connectivity index (χ1v) is 15.4. The third-order valence-corrected chi connectivity index (χ3v) is 9.70. The van der Waals surface area contributed by atoms with Crippen molar-refractivity contribution in [3.63, 3.8) is 0 Å². The Morgan fingerprint density at radius 1 is 0.379 bits per heavy atom. The summed E-state index contributed by atoms with van der Waals surface area (Å²) in [6.07, 6.45) is 10.9. The van der Waals surface area contributed by atoms with E-state index in [9.17, 15) is 0 Å². The highest BCUT2D eigenvalue weighted by Crippen LogP contribution is 2.44. The number of benzene rings is 4. The molecular weight excluding hydrogens is 449 g/mol. The number of thioether (sulfide) groups is 5. The fourth-order valence-electron chi connectivity index (χ4n) is 4.00. The van der Waals surface area contributed by atoms with Gasteiger partial charge in [-0.3, -0.25) is 0 Å². The summed E-state index contributed by atoms with van der Waals surface area (Å²) >= 11 is 9.21. The molecule has 0 aliphatic rings. The highest BCUT2D eigenvalue weighted by Gasteiger charge is 2.16. The highest BCUT2D eigenvalue weighted by molar-refractivity contribution is 8.02. The molecule has 0 nitrogen and oxygen atoms in total. The van der Waals surface area contributed by atoms with Gasteiger partial charge in [-0.15, -0.1) is 58.8 Å². The van der Waals surface area contributed by atoms with Gasteiger partial charge < -0.3 is 0 Å². The summed E-state index contributed by atoms with van der Waals surface area (Å²) in [5.41, 5.74) is 1.36.